The van der Waals surface area contributed by atoms with Gasteiger partial charge in [-0.25, -0.2) is 4.39 Å². The van der Waals surface area contributed by atoms with E-state index in [1.807, 2.05) is 38.1 Å². The summed E-state index contributed by atoms with van der Waals surface area (Å²) in [7, 11) is 0. The van der Waals surface area contributed by atoms with Gasteiger partial charge in [0.25, 0.3) is 0 Å². The molecule has 0 spiro atoms. The third-order valence-corrected chi connectivity index (χ3v) is 2.87. The van der Waals surface area contributed by atoms with E-state index in [9.17, 15) is 9.65 Å². The fraction of sp³-hybridized carbons (Fsp3) is 0.235. The number of rotatable bonds is 5. The third kappa shape index (κ3) is 4.22. The molecule has 0 bridgehead atoms. The number of nitriles is 1. The molecule has 2 aromatic rings. The van der Waals surface area contributed by atoms with Gasteiger partial charge >= 0.3 is 0 Å². The summed E-state index contributed by atoms with van der Waals surface area (Å²) in [4.78, 5) is 0. The molecule has 1 N–H and O–H groups in total. The number of anilines is 1. The van der Waals surface area contributed by atoms with Crippen LogP contribution in [0.4, 0.5) is 10.1 Å². The monoisotopic (exact) mass is 284 g/mol. The summed E-state index contributed by atoms with van der Waals surface area (Å²) >= 11 is 0. The summed E-state index contributed by atoms with van der Waals surface area (Å²) in [6.45, 7) is 3.92. The van der Waals surface area contributed by atoms with Crippen LogP contribution in [0, 0.1) is 17.1 Å². The second-order valence-electron chi connectivity index (χ2n) is 4.95. The van der Waals surface area contributed by atoms with Gasteiger partial charge in [-0.3, -0.25) is 0 Å². The van der Waals surface area contributed by atoms with Crippen molar-refractivity contribution in [2.24, 2.45) is 0 Å². The van der Waals surface area contributed by atoms with E-state index in [1.54, 1.807) is 12.1 Å². The highest BCUT2D eigenvalue weighted by atomic mass is 19.1. The Hall–Kier alpha value is -2.54. The number of nitrogens with one attached hydrogen (secondary N) is 1. The number of halogens is 1. The SMILES string of the molecule is CC(C)Oc1ccc(C(C#N)Nc2ccc(F)cc2)cc1. The molecule has 0 aliphatic heterocycles. The van der Waals surface area contributed by atoms with Crippen LogP contribution in [0.5, 0.6) is 5.75 Å². The smallest absolute Gasteiger partial charge is 0.140 e. The van der Waals surface area contributed by atoms with Gasteiger partial charge in [-0.05, 0) is 55.8 Å². The zero-order valence-electron chi connectivity index (χ0n) is 12.0. The van der Waals surface area contributed by atoms with Gasteiger partial charge in [0, 0.05) is 5.69 Å². The lowest BCUT2D eigenvalue weighted by molar-refractivity contribution is 0.242. The molecule has 0 saturated heterocycles. The first-order valence-electron chi connectivity index (χ1n) is 6.77. The molecule has 0 radical (unpaired) electrons. The van der Waals surface area contributed by atoms with Crippen LogP contribution in [0.25, 0.3) is 0 Å². The normalized spacial score (nSPS) is 11.8. The van der Waals surface area contributed by atoms with Crippen molar-refractivity contribution in [3.05, 3.63) is 59.9 Å². The quantitative estimate of drug-likeness (QED) is 0.890. The maximum atomic E-state index is 12.9. The van der Waals surface area contributed by atoms with Gasteiger partial charge < -0.3 is 10.1 Å². The summed E-state index contributed by atoms with van der Waals surface area (Å²) in [5, 5.41) is 12.4. The maximum Gasteiger partial charge on any atom is 0.140 e. The second-order valence-corrected chi connectivity index (χ2v) is 4.95. The summed E-state index contributed by atoms with van der Waals surface area (Å²) in [5.74, 6) is 0.469. The molecule has 0 saturated carbocycles. The van der Waals surface area contributed by atoms with Crippen LogP contribution in [0.1, 0.15) is 25.5 Å². The summed E-state index contributed by atoms with van der Waals surface area (Å²) in [6.07, 6.45) is 0.111. The molecule has 21 heavy (non-hydrogen) atoms. The molecule has 0 fully saturated rings. The lowest BCUT2D eigenvalue weighted by Crippen LogP contribution is -2.09. The van der Waals surface area contributed by atoms with Gasteiger partial charge in [-0.2, -0.15) is 5.26 Å². The van der Waals surface area contributed by atoms with Crippen molar-refractivity contribution in [1.29, 1.82) is 5.26 Å². The van der Waals surface area contributed by atoms with E-state index < -0.39 is 6.04 Å². The average molecular weight is 284 g/mol. The molecule has 4 heteroatoms. The van der Waals surface area contributed by atoms with Crippen molar-refractivity contribution >= 4 is 5.69 Å². The average Bonchev–Trinajstić information content (AvgIpc) is 2.47. The Morgan fingerprint density at radius 1 is 1.05 bits per heavy atom. The zero-order valence-corrected chi connectivity index (χ0v) is 12.0. The minimum absolute atomic E-state index is 0.111. The van der Waals surface area contributed by atoms with Crippen molar-refractivity contribution in [3.63, 3.8) is 0 Å². The minimum atomic E-state index is -0.497. The molecule has 3 nitrogen and oxygen atoms in total. The minimum Gasteiger partial charge on any atom is -0.491 e. The highest BCUT2D eigenvalue weighted by Crippen LogP contribution is 2.22. The van der Waals surface area contributed by atoms with Gasteiger partial charge in [0.1, 0.15) is 17.6 Å². The molecule has 0 amide bonds. The molecular formula is C17H17FN2O. The first-order valence-corrected chi connectivity index (χ1v) is 6.77. The van der Waals surface area contributed by atoms with E-state index in [2.05, 4.69) is 11.4 Å². The van der Waals surface area contributed by atoms with Crippen LogP contribution < -0.4 is 10.1 Å². The number of ether oxygens (including phenoxy) is 1. The van der Waals surface area contributed by atoms with Crippen molar-refractivity contribution in [1.82, 2.24) is 0 Å². The fourth-order valence-corrected chi connectivity index (χ4v) is 1.91. The molecule has 1 atom stereocenters. The van der Waals surface area contributed by atoms with Crippen LogP contribution in [-0.4, -0.2) is 6.10 Å². The molecule has 0 heterocycles. The molecule has 2 rings (SSSR count). The molecule has 0 aliphatic carbocycles. The predicted molar refractivity (Wildman–Crippen MR) is 80.6 cm³/mol. The van der Waals surface area contributed by atoms with Gasteiger partial charge in [-0.1, -0.05) is 12.1 Å². The highest BCUT2D eigenvalue weighted by molar-refractivity contribution is 5.47. The number of hydrogen-bond acceptors (Lipinski definition) is 3. The number of benzene rings is 2. The lowest BCUT2D eigenvalue weighted by atomic mass is 10.1. The standard InChI is InChI=1S/C17H17FN2O/c1-12(2)21-16-9-3-13(4-10-16)17(11-19)20-15-7-5-14(18)6-8-15/h3-10,12,17,20H,1-2H3. The van der Waals surface area contributed by atoms with E-state index in [0.717, 1.165) is 11.3 Å². The van der Waals surface area contributed by atoms with Crippen molar-refractivity contribution < 1.29 is 9.13 Å². The molecule has 0 aliphatic rings. The molecule has 108 valence electrons. The fourth-order valence-electron chi connectivity index (χ4n) is 1.91. The van der Waals surface area contributed by atoms with E-state index >= 15 is 0 Å². The Balaban J connectivity index is 2.10. The van der Waals surface area contributed by atoms with Crippen molar-refractivity contribution in [2.75, 3.05) is 5.32 Å². The first kappa shape index (κ1) is 14.9. The van der Waals surface area contributed by atoms with Gasteiger partial charge in [0.15, 0.2) is 0 Å². The van der Waals surface area contributed by atoms with Crippen LogP contribution in [0.3, 0.4) is 0 Å². The van der Waals surface area contributed by atoms with Gasteiger partial charge in [0.05, 0.1) is 12.2 Å². The first-order chi connectivity index (χ1) is 10.1. The van der Waals surface area contributed by atoms with Crippen molar-refractivity contribution in [3.8, 4) is 11.8 Å². The highest BCUT2D eigenvalue weighted by Gasteiger charge is 2.10. The van der Waals surface area contributed by atoms with Crippen LogP contribution in [0.2, 0.25) is 0 Å². The third-order valence-electron chi connectivity index (χ3n) is 2.87. The Kier molecular flexibility index (Phi) is 4.78. The van der Waals surface area contributed by atoms with E-state index in [4.69, 9.17) is 4.74 Å². The van der Waals surface area contributed by atoms with E-state index in [0.29, 0.717) is 5.69 Å². The Morgan fingerprint density at radius 2 is 1.67 bits per heavy atom. The Bertz CT molecular complexity index is 615. The van der Waals surface area contributed by atoms with Crippen LogP contribution >= 0.6 is 0 Å². The molecule has 2 aromatic carbocycles. The lowest BCUT2D eigenvalue weighted by Gasteiger charge is -2.15. The van der Waals surface area contributed by atoms with Gasteiger partial charge in [-0.15, -0.1) is 0 Å². The van der Waals surface area contributed by atoms with Crippen LogP contribution in [-0.2, 0) is 0 Å². The largest absolute Gasteiger partial charge is 0.491 e. The summed E-state index contributed by atoms with van der Waals surface area (Å²) < 4.78 is 18.4. The maximum absolute atomic E-state index is 12.9. The topological polar surface area (TPSA) is 45.0 Å². The number of hydrogen-bond donors (Lipinski definition) is 1. The van der Waals surface area contributed by atoms with E-state index in [1.165, 1.54) is 12.1 Å². The van der Waals surface area contributed by atoms with Crippen molar-refractivity contribution in [2.45, 2.75) is 26.0 Å². The summed E-state index contributed by atoms with van der Waals surface area (Å²) in [5.41, 5.74) is 1.53. The molecule has 0 aromatic heterocycles. The number of nitrogens with zero attached hydrogens (tertiary/aromatic N) is 1. The summed E-state index contributed by atoms with van der Waals surface area (Å²) in [6, 6.07) is 15.0. The Labute approximate surface area is 124 Å². The zero-order chi connectivity index (χ0) is 15.2. The van der Waals surface area contributed by atoms with E-state index in [-0.39, 0.29) is 11.9 Å². The molecule has 1 unspecified atom stereocenters. The second kappa shape index (κ2) is 6.76. The van der Waals surface area contributed by atoms with Gasteiger partial charge in [0.2, 0.25) is 0 Å². The Morgan fingerprint density at radius 3 is 2.19 bits per heavy atom. The molecular weight excluding hydrogens is 267 g/mol. The van der Waals surface area contributed by atoms with Crippen LogP contribution in [0.15, 0.2) is 48.5 Å². The predicted octanol–water partition coefficient (Wildman–Crippen LogP) is 4.29.